The van der Waals surface area contributed by atoms with Crippen LogP contribution in [-0.2, 0) is 38.6 Å². The molecule has 0 aromatic carbocycles. The predicted octanol–water partition coefficient (Wildman–Crippen LogP) is -2.20. The lowest BCUT2D eigenvalue weighted by molar-refractivity contribution is -0.745. The van der Waals surface area contributed by atoms with E-state index in [-0.39, 0.29) is 11.6 Å². The second kappa shape index (κ2) is 8.77. The van der Waals surface area contributed by atoms with Gasteiger partial charge in [0.2, 0.25) is 6.23 Å². The smallest absolute Gasteiger partial charge is 0.387 e. The Hall–Kier alpha value is -1.36. The van der Waals surface area contributed by atoms with E-state index in [9.17, 15) is 28.8 Å². The molecular formula is C11H19N5O13P3+. The summed E-state index contributed by atoms with van der Waals surface area (Å²) in [5.41, 5.74) is 6.32. The maximum absolute atomic E-state index is 11.8. The number of imidazole rings is 1. The Morgan fingerprint density at radius 2 is 1.81 bits per heavy atom. The zero-order chi connectivity index (χ0) is 24.1. The van der Waals surface area contributed by atoms with Gasteiger partial charge in [0, 0.05) is 0 Å². The molecule has 180 valence electrons. The van der Waals surface area contributed by atoms with Gasteiger partial charge in [-0.2, -0.15) is 8.62 Å². The molecule has 32 heavy (non-hydrogen) atoms. The number of phosphoric ester groups is 1. The fourth-order valence-electron chi connectivity index (χ4n) is 2.88. The Morgan fingerprint density at radius 1 is 1.16 bits per heavy atom. The van der Waals surface area contributed by atoms with Crippen molar-refractivity contribution in [2.75, 3.05) is 12.3 Å². The zero-order valence-corrected chi connectivity index (χ0v) is 18.6. The lowest BCUT2D eigenvalue weighted by Crippen LogP contribution is -2.46. The van der Waals surface area contributed by atoms with Gasteiger partial charge in [-0.25, -0.2) is 23.2 Å². The summed E-state index contributed by atoms with van der Waals surface area (Å²) in [6, 6.07) is 0. The van der Waals surface area contributed by atoms with Crippen molar-refractivity contribution in [3.05, 3.63) is 12.5 Å². The third-order valence-corrected chi connectivity index (χ3v) is 7.92. The molecule has 0 spiro atoms. The van der Waals surface area contributed by atoms with Crippen molar-refractivity contribution in [3.8, 4) is 0 Å². The number of phosphoric acid groups is 3. The van der Waals surface area contributed by atoms with Crippen LogP contribution in [0.3, 0.4) is 0 Å². The van der Waals surface area contributed by atoms with Crippen molar-refractivity contribution >= 4 is 40.6 Å². The number of hydrogen-bond acceptors (Lipinski definition) is 12. The van der Waals surface area contributed by atoms with E-state index >= 15 is 0 Å². The van der Waals surface area contributed by atoms with Crippen molar-refractivity contribution < 1.29 is 65.9 Å². The van der Waals surface area contributed by atoms with E-state index in [1.807, 2.05) is 0 Å². The first-order valence-electron chi connectivity index (χ1n) is 8.37. The molecule has 21 heteroatoms. The fourth-order valence-corrected chi connectivity index (χ4v) is 5.91. The highest BCUT2D eigenvalue weighted by molar-refractivity contribution is 7.66. The Morgan fingerprint density at radius 3 is 2.44 bits per heavy atom. The van der Waals surface area contributed by atoms with E-state index in [0.29, 0.717) is 5.52 Å². The molecule has 1 aliphatic rings. The van der Waals surface area contributed by atoms with Crippen LogP contribution in [0.2, 0.25) is 0 Å². The molecule has 3 heterocycles. The standard InChI is InChI=1S/C11H18N5O13P3/c1-15-4-16(9-5(15)2-13-11(12)14-9)10-8(18)7(17)6(27-10)3-26-31(22,23)29-32(24,25)28-30(19,20)21/h2,4,6-8,10,17-18H,3H2,1H3,(H5-,12,13,14,19,20,21,22,23,24,25)/p+1/t6-,7-,8-,10-/m1/s1. The topological polar surface area (TPSA) is 270 Å². The van der Waals surface area contributed by atoms with Gasteiger partial charge in [0.05, 0.1) is 19.9 Å². The van der Waals surface area contributed by atoms with Gasteiger partial charge in [-0.05, 0) is 0 Å². The van der Waals surface area contributed by atoms with Crippen LogP contribution in [0.4, 0.5) is 5.95 Å². The molecule has 1 saturated heterocycles. The van der Waals surface area contributed by atoms with Crippen LogP contribution in [-0.4, -0.2) is 69.2 Å². The summed E-state index contributed by atoms with van der Waals surface area (Å²) >= 11 is 0. The van der Waals surface area contributed by atoms with Crippen molar-refractivity contribution in [1.82, 2.24) is 14.5 Å². The molecule has 2 aromatic rings. The fraction of sp³-hybridized carbons (Fsp3) is 0.545. The van der Waals surface area contributed by atoms with E-state index in [0.717, 1.165) is 0 Å². The van der Waals surface area contributed by atoms with E-state index in [1.54, 1.807) is 11.6 Å². The monoisotopic (exact) mass is 522 g/mol. The van der Waals surface area contributed by atoms with Crippen LogP contribution in [0.25, 0.3) is 11.2 Å². The van der Waals surface area contributed by atoms with E-state index < -0.39 is 54.6 Å². The maximum Gasteiger partial charge on any atom is 0.490 e. The molecule has 2 aromatic heterocycles. The average molecular weight is 522 g/mol. The van der Waals surface area contributed by atoms with Gasteiger partial charge in [-0.3, -0.25) is 9.09 Å². The number of nitrogens with two attached hydrogens (primary N) is 1. The number of hydrogen-bond donors (Lipinski definition) is 7. The van der Waals surface area contributed by atoms with Crippen molar-refractivity contribution in [2.24, 2.45) is 7.05 Å². The molecule has 1 fully saturated rings. The molecule has 18 nitrogen and oxygen atoms in total. The Labute approximate surface area is 178 Å². The summed E-state index contributed by atoms with van der Waals surface area (Å²) in [7, 11) is -15.0. The minimum absolute atomic E-state index is 0.0744. The molecule has 0 bridgehead atoms. The number of nitrogens with zero attached hydrogens (tertiary/aromatic N) is 4. The number of aromatic nitrogens is 4. The summed E-state index contributed by atoms with van der Waals surface area (Å²) < 4.78 is 53.8. The van der Waals surface area contributed by atoms with Crippen LogP contribution >= 0.6 is 23.5 Å². The number of aryl methyl sites for hydroxylation is 1. The van der Waals surface area contributed by atoms with E-state index in [2.05, 4.69) is 23.1 Å². The molecule has 0 aliphatic carbocycles. The minimum atomic E-state index is -5.70. The SMILES string of the molecule is Cn1c[n+]([C@@H]2O[C@H](COP(=O)(O)OP(=O)(O)OP(=O)(O)O)[C@@H](O)[C@H]2O)c2nc(N)ncc21. The average Bonchev–Trinajstić information content (AvgIpc) is 3.07. The first-order valence-corrected chi connectivity index (χ1v) is 12.9. The second-order valence-corrected chi connectivity index (χ2v) is 10.9. The molecular weight excluding hydrogens is 503 g/mol. The summed E-state index contributed by atoms with van der Waals surface area (Å²) in [5, 5.41) is 20.6. The van der Waals surface area contributed by atoms with Crippen molar-refractivity contribution in [1.29, 1.82) is 0 Å². The van der Waals surface area contributed by atoms with Crippen LogP contribution in [0, 0.1) is 0 Å². The summed E-state index contributed by atoms with van der Waals surface area (Å²) in [4.78, 5) is 43.6. The third-order valence-electron chi connectivity index (χ3n) is 4.12. The number of aliphatic hydroxyl groups is 2. The Kier molecular flexibility index (Phi) is 6.93. The highest BCUT2D eigenvalue weighted by atomic mass is 31.3. The second-order valence-electron chi connectivity index (χ2n) is 6.50. The van der Waals surface area contributed by atoms with Gasteiger partial charge in [-0.1, -0.05) is 4.98 Å². The van der Waals surface area contributed by atoms with Crippen molar-refractivity contribution in [2.45, 2.75) is 24.5 Å². The molecule has 8 N–H and O–H groups in total. The molecule has 1 aliphatic heterocycles. The highest BCUT2D eigenvalue weighted by Gasteiger charge is 2.48. The van der Waals surface area contributed by atoms with E-state index in [4.69, 9.17) is 25.2 Å². The summed E-state index contributed by atoms with van der Waals surface area (Å²) in [6.07, 6.45) is -3.05. The number of ether oxygens (including phenoxy) is 1. The van der Waals surface area contributed by atoms with E-state index in [1.165, 1.54) is 17.1 Å². The first kappa shape index (κ1) is 25.3. The molecule has 0 radical (unpaired) electrons. The van der Waals surface area contributed by atoms with Crippen molar-refractivity contribution in [3.63, 3.8) is 0 Å². The van der Waals surface area contributed by atoms with Crippen LogP contribution in [0.5, 0.6) is 0 Å². The first-order chi connectivity index (χ1) is 14.6. The number of fused-ring (bicyclic) bond motifs is 1. The van der Waals surface area contributed by atoms with Gasteiger partial charge >= 0.3 is 29.1 Å². The molecule has 3 rings (SSSR count). The number of nitrogen functional groups attached to an aromatic ring is 1. The quantitative estimate of drug-likeness (QED) is 0.143. The van der Waals surface area contributed by atoms with Crippen LogP contribution in [0.1, 0.15) is 6.23 Å². The minimum Gasteiger partial charge on any atom is -0.387 e. The Bertz CT molecular complexity index is 1150. The number of aliphatic hydroxyl groups excluding tert-OH is 2. The number of rotatable bonds is 8. The van der Waals surface area contributed by atoms with Crippen LogP contribution < -0.4 is 10.3 Å². The molecule has 2 unspecified atom stereocenters. The largest absolute Gasteiger partial charge is 0.490 e. The molecule has 6 atom stereocenters. The predicted molar refractivity (Wildman–Crippen MR) is 98.9 cm³/mol. The highest BCUT2D eigenvalue weighted by Crippen LogP contribution is 2.66. The molecule has 0 saturated carbocycles. The van der Waals surface area contributed by atoms with Gasteiger partial charge in [-0.15, -0.1) is 0 Å². The van der Waals surface area contributed by atoms with Crippen LogP contribution in [0.15, 0.2) is 12.5 Å². The molecule has 0 amide bonds. The van der Waals surface area contributed by atoms with Gasteiger partial charge in [0.1, 0.15) is 18.3 Å². The van der Waals surface area contributed by atoms with Gasteiger partial charge in [0.25, 0.3) is 5.95 Å². The third kappa shape index (κ3) is 5.76. The number of anilines is 1. The summed E-state index contributed by atoms with van der Waals surface area (Å²) in [5.74, 6) is -0.0744. The lowest BCUT2D eigenvalue weighted by atomic mass is 10.1. The van der Waals surface area contributed by atoms with Gasteiger partial charge < -0.3 is 40.3 Å². The van der Waals surface area contributed by atoms with Gasteiger partial charge in [0.15, 0.2) is 11.8 Å². The lowest BCUT2D eigenvalue weighted by Gasteiger charge is -2.18. The summed E-state index contributed by atoms with van der Waals surface area (Å²) in [6.45, 7) is -0.944. The Balaban J connectivity index is 1.72. The zero-order valence-electron chi connectivity index (χ0n) is 15.9. The normalized spacial score (nSPS) is 28.0. The maximum atomic E-state index is 11.8.